The molecule has 0 aromatic rings. The standard InChI is InChI=1S/C7H10F3NO2/c1-4(12)11-5-2-6(13,3-5)7(8,9)10/h5,13H,2-3H2,1H3,(H,11,12). The van der Waals surface area contributed by atoms with Crippen LogP contribution in [0, 0.1) is 0 Å². The summed E-state index contributed by atoms with van der Waals surface area (Å²) in [4.78, 5) is 10.4. The van der Waals surface area contributed by atoms with Crippen molar-refractivity contribution in [2.45, 2.75) is 37.6 Å². The molecule has 6 heteroatoms. The lowest BCUT2D eigenvalue weighted by Crippen LogP contribution is -2.62. The predicted octanol–water partition coefficient (Wildman–Crippen LogP) is 0.578. The van der Waals surface area contributed by atoms with Crippen LogP contribution < -0.4 is 5.32 Å². The molecular formula is C7H10F3NO2. The van der Waals surface area contributed by atoms with Crippen molar-refractivity contribution in [1.29, 1.82) is 0 Å². The third-order valence-electron chi connectivity index (χ3n) is 2.10. The smallest absolute Gasteiger partial charge is 0.380 e. The van der Waals surface area contributed by atoms with Crippen LogP contribution in [0.2, 0.25) is 0 Å². The van der Waals surface area contributed by atoms with Crippen LogP contribution in [0.15, 0.2) is 0 Å². The highest BCUT2D eigenvalue weighted by atomic mass is 19.4. The van der Waals surface area contributed by atoms with E-state index in [1.165, 1.54) is 6.92 Å². The summed E-state index contributed by atoms with van der Waals surface area (Å²) in [6.45, 7) is 1.23. The number of amides is 1. The van der Waals surface area contributed by atoms with E-state index in [9.17, 15) is 18.0 Å². The zero-order valence-corrected chi connectivity index (χ0v) is 6.98. The monoisotopic (exact) mass is 197 g/mol. The Bertz CT molecular complexity index is 220. The maximum absolute atomic E-state index is 12.0. The van der Waals surface area contributed by atoms with Gasteiger partial charge in [0, 0.05) is 25.8 Å². The maximum Gasteiger partial charge on any atom is 0.417 e. The molecule has 1 rings (SSSR count). The Balaban J connectivity index is 2.44. The number of nitrogens with one attached hydrogen (secondary N) is 1. The zero-order chi connectivity index (χ0) is 10.3. The maximum atomic E-state index is 12.0. The molecular weight excluding hydrogens is 187 g/mol. The largest absolute Gasteiger partial charge is 0.417 e. The predicted molar refractivity (Wildman–Crippen MR) is 37.8 cm³/mol. The van der Waals surface area contributed by atoms with Crippen LogP contribution >= 0.6 is 0 Å². The minimum Gasteiger partial charge on any atom is -0.380 e. The van der Waals surface area contributed by atoms with E-state index >= 15 is 0 Å². The highest BCUT2D eigenvalue weighted by Crippen LogP contribution is 2.44. The molecule has 0 aliphatic heterocycles. The van der Waals surface area contributed by atoms with Gasteiger partial charge in [0.15, 0.2) is 5.60 Å². The van der Waals surface area contributed by atoms with Crippen molar-refractivity contribution in [3.05, 3.63) is 0 Å². The molecule has 1 aliphatic rings. The van der Waals surface area contributed by atoms with Gasteiger partial charge in [-0.15, -0.1) is 0 Å². The summed E-state index contributed by atoms with van der Waals surface area (Å²) in [6, 6.07) is -0.552. The van der Waals surface area contributed by atoms with E-state index in [1.54, 1.807) is 0 Å². The average Bonchev–Trinajstić information content (AvgIpc) is 1.79. The van der Waals surface area contributed by atoms with Gasteiger partial charge < -0.3 is 10.4 Å². The van der Waals surface area contributed by atoms with Gasteiger partial charge in [0.2, 0.25) is 5.91 Å². The van der Waals surface area contributed by atoms with E-state index in [4.69, 9.17) is 5.11 Å². The van der Waals surface area contributed by atoms with Gasteiger partial charge in [0.05, 0.1) is 0 Å². The molecule has 0 bridgehead atoms. The van der Waals surface area contributed by atoms with Crippen LogP contribution in [0.25, 0.3) is 0 Å². The van der Waals surface area contributed by atoms with Gasteiger partial charge in [-0.25, -0.2) is 0 Å². The Hall–Kier alpha value is -0.780. The summed E-state index contributed by atoms with van der Waals surface area (Å²) in [5.74, 6) is -0.380. The van der Waals surface area contributed by atoms with E-state index in [0.29, 0.717) is 0 Å². The highest BCUT2D eigenvalue weighted by molar-refractivity contribution is 5.73. The first kappa shape index (κ1) is 10.3. The molecule has 0 heterocycles. The second-order valence-corrected chi connectivity index (χ2v) is 3.34. The molecule has 2 N–H and O–H groups in total. The van der Waals surface area contributed by atoms with Crippen LogP contribution in [0.4, 0.5) is 13.2 Å². The highest BCUT2D eigenvalue weighted by Gasteiger charge is 2.61. The summed E-state index contributed by atoms with van der Waals surface area (Å²) in [5.41, 5.74) is -2.60. The summed E-state index contributed by atoms with van der Waals surface area (Å²) in [5, 5.41) is 11.3. The number of halogens is 3. The van der Waals surface area contributed by atoms with Gasteiger partial charge in [-0.1, -0.05) is 0 Å². The molecule has 0 aromatic heterocycles. The topological polar surface area (TPSA) is 49.3 Å². The number of carbonyl (C=O) groups is 1. The van der Waals surface area contributed by atoms with Gasteiger partial charge >= 0.3 is 6.18 Å². The fraction of sp³-hybridized carbons (Fsp3) is 0.857. The Kier molecular flexibility index (Phi) is 2.27. The molecule has 1 aliphatic carbocycles. The van der Waals surface area contributed by atoms with Crippen molar-refractivity contribution < 1.29 is 23.1 Å². The molecule has 0 aromatic carbocycles. The van der Waals surface area contributed by atoms with E-state index in [-0.39, 0.29) is 5.91 Å². The molecule has 76 valence electrons. The number of alkyl halides is 3. The van der Waals surface area contributed by atoms with Crippen molar-refractivity contribution in [2.75, 3.05) is 0 Å². The first-order chi connectivity index (χ1) is 5.74. The molecule has 0 saturated heterocycles. The van der Waals surface area contributed by atoms with Crippen LogP contribution in [0.3, 0.4) is 0 Å². The molecule has 0 atom stereocenters. The fourth-order valence-electron chi connectivity index (χ4n) is 1.38. The van der Waals surface area contributed by atoms with E-state index in [2.05, 4.69) is 5.32 Å². The first-order valence-corrected chi connectivity index (χ1v) is 3.81. The molecule has 3 nitrogen and oxygen atoms in total. The van der Waals surface area contributed by atoms with E-state index in [1.807, 2.05) is 0 Å². The second-order valence-electron chi connectivity index (χ2n) is 3.34. The third kappa shape index (κ3) is 1.93. The minimum atomic E-state index is -4.60. The Morgan fingerprint density at radius 3 is 2.31 bits per heavy atom. The van der Waals surface area contributed by atoms with Gasteiger partial charge in [-0.2, -0.15) is 13.2 Å². The Morgan fingerprint density at radius 1 is 1.54 bits per heavy atom. The molecule has 0 spiro atoms. The zero-order valence-electron chi connectivity index (χ0n) is 6.98. The van der Waals surface area contributed by atoms with Crippen molar-refractivity contribution >= 4 is 5.91 Å². The van der Waals surface area contributed by atoms with Gasteiger partial charge in [-0.3, -0.25) is 4.79 Å². The number of rotatable bonds is 1. The van der Waals surface area contributed by atoms with Gasteiger partial charge in [0.1, 0.15) is 0 Å². The lowest BCUT2D eigenvalue weighted by Gasteiger charge is -2.44. The van der Waals surface area contributed by atoms with Crippen LogP contribution in [-0.4, -0.2) is 28.8 Å². The van der Waals surface area contributed by atoms with Crippen molar-refractivity contribution in [1.82, 2.24) is 5.32 Å². The number of hydrogen-bond donors (Lipinski definition) is 2. The quantitative estimate of drug-likeness (QED) is 0.646. The molecule has 13 heavy (non-hydrogen) atoms. The lowest BCUT2D eigenvalue weighted by molar-refractivity contribution is -0.291. The number of hydrogen-bond acceptors (Lipinski definition) is 2. The minimum absolute atomic E-state index is 0.380. The van der Waals surface area contributed by atoms with Crippen molar-refractivity contribution in [3.63, 3.8) is 0 Å². The van der Waals surface area contributed by atoms with Crippen molar-refractivity contribution in [3.8, 4) is 0 Å². The summed E-state index contributed by atoms with van der Waals surface area (Å²) in [6.07, 6.45) is -5.49. The summed E-state index contributed by atoms with van der Waals surface area (Å²) in [7, 11) is 0. The van der Waals surface area contributed by atoms with E-state index in [0.717, 1.165) is 0 Å². The summed E-state index contributed by atoms with van der Waals surface area (Å²) < 4.78 is 36.1. The van der Waals surface area contributed by atoms with Gasteiger partial charge in [0.25, 0.3) is 0 Å². The van der Waals surface area contributed by atoms with E-state index < -0.39 is 30.7 Å². The summed E-state index contributed by atoms with van der Waals surface area (Å²) >= 11 is 0. The average molecular weight is 197 g/mol. The Morgan fingerprint density at radius 2 is 2.00 bits per heavy atom. The van der Waals surface area contributed by atoms with Crippen LogP contribution in [-0.2, 0) is 4.79 Å². The number of carbonyl (C=O) groups excluding carboxylic acids is 1. The fourth-order valence-corrected chi connectivity index (χ4v) is 1.38. The molecule has 0 radical (unpaired) electrons. The molecule has 1 saturated carbocycles. The molecule has 0 unspecified atom stereocenters. The SMILES string of the molecule is CC(=O)NC1CC(O)(C(F)(F)F)C1. The second kappa shape index (κ2) is 2.87. The van der Waals surface area contributed by atoms with Crippen LogP contribution in [0.1, 0.15) is 19.8 Å². The number of aliphatic hydroxyl groups is 1. The van der Waals surface area contributed by atoms with Crippen molar-refractivity contribution in [2.24, 2.45) is 0 Å². The third-order valence-corrected chi connectivity index (χ3v) is 2.10. The lowest BCUT2D eigenvalue weighted by atomic mass is 9.75. The van der Waals surface area contributed by atoms with Crippen LogP contribution in [0.5, 0.6) is 0 Å². The first-order valence-electron chi connectivity index (χ1n) is 3.81. The van der Waals surface area contributed by atoms with Gasteiger partial charge in [-0.05, 0) is 0 Å². The molecule has 1 amide bonds. The Labute approximate surface area is 72.9 Å². The normalized spacial score (nSPS) is 33.8. The molecule has 1 fully saturated rings.